The van der Waals surface area contributed by atoms with E-state index in [1.807, 2.05) is 26.4 Å². The third-order valence-electron chi connectivity index (χ3n) is 3.02. The summed E-state index contributed by atoms with van der Waals surface area (Å²) in [5, 5.41) is 0. The van der Waals surface area contributed by atoms with E-state index in [1.165, 1.54) is 11.3 Å². The van der Waals surface area contributed by atoms with Gasteiger partial charge in [-0.25, -0.2) is 0 Å². The molecule has 0 amide bonds. The number of hydrogen-bond acceptors (Lipinski definition) is 3. The van der Waals surface area contributed by atoms with Crippen LogP contribution in [0.4, 0.5) is 5.69 Å². The van der Waals surface area contributed by atoms with Crippen LogP contribution in [-0.4, -0.2) is 19.1 Å². The van der Waals surface area contributed by atoms with Crippen LogP contribution in [0.5, 0.6) is 0 Å². The summed E-state index contributed by atoms with van der Waals surface area (Å²) < 4.78 is 0. The van der Waals surface area contributed by atoms with Crippen LogP contribution >= 0.6 is 0 Å². The van der Waals surface area contributed by atoms with Gasteiger partial charge < -0.3 is 10.6 Å². The van der Waals surface area contributed by atoms with E-state index in [1.54, 1.807) is 6.20 Å². The van der Waals surface area contributed by atoms with Crippen LogP contribution in [0.1, 0.15) is 17.2 Å². The number of nitrogens with zero attached hydrogens (tertiary/aromatic N) is 2. The van der Waals surface area contributed by atoms with E-state index in [9.17, 15) is 0 Å². The minimum Gasteiger partial charge on any atom is -0.378 e. The number of rotatable bonds is 4. The summed E-state index contributed by atoms with van der Waals surface area (Å²) in [5.41, 5.74) is 9.72. The van der Waals surface area contributed by atoms with E-state index in [2.05, 4.69) is 40.2 Å². The number of hydrogen-bond donors (Lipinski definition) is 1. The summed E-state index contributed by atoms with van der Waals surface area (Å²) in [6.07, 6.45) is 4.46. The lowest BCUT2D eigenvalue weighted by Crippen LogP contribution is -2.14. The monoisotopic (exact) mass is 241 g/mol. The van der Waals surface area contributed by atoms with Gasteiger partial charge >= 0.3 is 0 Å². The van der Waals surface area contributed by atoms with Gasteiger partial charge in [0.25, 0.3) is 0 Å². The third kappa shape index (κ3) is 3.08. The molecule has 94 valence electrons. The van der Waals surface area contributed by atoms with Gasteiger partial charge in [-0.05, 0) is 35.7 Å². The molecule has 1 atom stereocenters. The van der Waals surface area contributed by atoms with Crippen molar-refractivity contribution in [3.63, 3.8) is 0 Å². The first kappa shape index (κ1) is 12.6. The Morgan fingerprint density at radius 2 is 1.89 bits per heavy atom. The fourth-order valence-electron chi connectivity index (χ4n) is 1.91. The molecule has 1 heterocycles. The number of anilines is 1. The Morgan fingerprint density at radius 1 is 1.17 bits per heavy atom. The molecule has 3 heteroatoms. The highest BCUT2D eigenvalue weighted by Crippen LogP contribution is 2.19. The van der Waals surface area contributed by atoms with E-state index >= 15 is 0 Å². The van der Waals surface area contributed by atoms with Crippen LogP contribution in [-0.2, 0) is 6.42 Å². The highest BCUT2D eigenvalue weighted by atomic mass is 15.1. The van der Waals surface area contributed by atoms with Gasteiger partial charge in [0.1, 0.15) is 0 Å². The Bertz CT molecular complexity index is 477. The molecule has 0 saturated carbocycles. The molecule has 0 spiro atoms. The molecule has 0 fully saturated rings. The molecule has 2 aromatic rings. The van der Waals surface area contributed by atoms with Crippen molar-refractivity contribution in [1.29, 1.82) is 0 Å². The summed E-state index contributed by atoms with van der Waals surface area (Å²) in [7, 11) is 4.06. The lowest BCUT2D eigenvalue weighted by Gasteiger charge is -2.15. The molecule has 1 aromatic carbocycles. The first-order valence-electron chi connectivity index (χ1n) is 6.08. The molecule has 1 aromatic heterocycles. The minimum absolute atomic E-state index is 0.0189. The van der Waals surface area contributed by atoms with Gasteiger partial charge in [-0.15, -0.1) is 0 Å². The van der Waals surface area contributed by atoms with Crippen LogP contribution in [0.15, 0.2) is 48.8 Å². The largest absolute Gasteiger partial charge is 0.378 e. The van der Waals surface area contributed by atoms with Gasteiger partial charge in [0.2, 0.25) is 0 Å². The fourth-order valence-corrected chi connectivity index (χ4v) is 1.91. The van der Waals surface area contributed by atoms with Crippen molar-refractivity contribution in [3.05, 3.63) is 59.9 Å². The van der Waals surface area contributed by atoms with E-state index < -0.39 is 0 Å². The van der Waals surface area contributed by atoms with Gasteiger partial charge in [-0.2, -0.15) is 0 Å². The summed E-state index contributed by atoms with van der Waals surface area (Å²) in [6.45, 7) is 0. The van der Waals surface area contributed by atoms with Crippen molar-refractivity contribution in [2.24, 2.45) is 5.73 Å². The van der Waals surface area contributed by atoms with Gasteiger partial charge in [0.15, 0.2) is 0 Å². The standard InChI is InChI=1S/C15H19N3/c1-18(2)14-7-5-13(6-8-14)15(16)10-12-4-3-9-17-11-12/h3-9,11,15H,10,16H2,1-2H3. The molecule has 2 rings (SSSR count). The topological polar surface area (TPSA) is 42.1 Å². The highest BCUT2D eigenvalue weighted by Gasteiger charge is 2.07. The Hall–Kier alpha value is -1.87. The smallest absolute Gasteiger partial charge is 0.0361 e. The second-order valence-electron chi connectivity index (χ2n) is 4.66. The molecule has 18 heavy (non-hydrogen) atoms. The Kier molecular flexibility index (Phi) is 3.95. The van der Waals surface area contributed by atoms with Gasteiger partial charge in [-0.1, -0.05) is 18.2 Å². The lowest BCUT2D eigenvalue weighted by molar-refractivity contribution is 0.719. The molecule has 0 bridgehead atoms. The van der Waals surface area contributed by atoms with E-state index in [4.69, 9.17) is 5.73 Å². The van der Waals surface area contributed by atoms with Crippen LogP contribution in [0.25, 0.3) is 0 Å². The fraction of sp³-hybridized carbons (Fsp3) is 0.267. The molecule has 1 unspecified atom stereocenters. The molecule has 3 nitrogen and oxygen atoms in total. The van der Waals surface area contributed by atoms with Crippen LogP contribution < -0.4 is 10.6 Å². The highest BCUT2D eigenvalue weighted by molar-refractivity contribution is 5.46. The Labute approximate surface area is 108 Å². The van der Waals surface area contributed by atoms with E-state index in [0.717, 1.165) is 12.0 Å². The Morgan fingerprint density at radius 3 is 2.44 bits per heavy atom. The number of benzene rings is 1. The first-order valence-corrected chi connectivity index (χ1v) is 6.08. The average molecular weight is 241 g/mol. The Balaban J connectivity index is 2.07. The zero-order valence-corrected chi connectivity index (χ0v) is 10.9. The number of nitrogens with two attached hydrogens (primary N) is 1. The van der Waals surface area contributed by atoms with Crippen molar-refractivity contribution in [3.8, 4) is 0 Å². The molecular formula is C15H19N3. The molecule has 2 N–H and O–H groups in total. The normalized spacial score (nSPS) is 12.2. The van der Waals surface area contributed by atoms with E-state index in [-0.39, 0.29) is 6.04 Å². The van der Waals surface area contributed by atoms with Crippen molar-refractivity contribution in [2.75, 3.05) is 19.0 Å². The first-order chi connectivity index (χ1) is 8.66. The predicted molar refractivity (Wildman–Crippen MR) is 75.6 cm³/mol. The average Bonchev–Trinajstić information content (AvgIpc) is 2.40. The lowest BCUT2D eigenvalue weighted by atomic mass is 10.0. The minimum atomic E-state index is 0.0189. The van der Waals surface area contributed by atoms with Gasteiger partial charge in [-0.3, -0.25) is 4.98 Å². The van der Waals surface area contributed by atoms with Crippen molar-refractivity contribution in [1.82, 2.24) is 4.98 Å². The zero-order chi connectivity index (χ0) is 13.0. The SMILES string of the molecule is CN(C)c1ccc(C(N)Cc2cccnc2)cc1. The maximum Gasteiger partial charge on any atom is 0.0361 e. The summed E-state index contributed by atoms with van der Waals surface area (Å²) >= 11 is 0. The van der Waals surface area contributed by atoms with Gasteiger partial charge in [0.05, 0.1) is 0 Å². The number of aromatic nitrogens is 1. The maximum absolute atomic E-state index is 6.21. The summed E-state index contributed by atoms with van der Waals surface area (Å²) in [6, 6.07) is 12.4. The van der Waals surface area contributed by atoms with Gasteiger partial charge in [0, 0.05) is 38.2 Å². The number of pyridine rings is 1. The summed E-state index contributed by atoms with van der Waals surface area (Å²) in [5.74, 6) is 0. The van der Waals surface area contributed by atoms with Crippen molar-refractivity contribution in [2.45, 2.75) is 12.5 Å². The third-order valence-corrected chi connectivity index (χ3v) is 3.02. The van der Waals surface area contributed by atoms with Crippen LogP contribution in [0, 0.1) is 0 Å². The molecule has 0 radical (unpaired) electrons. The van der Waals surface area contributed by atoms with Crippen LogP contribution in [0.2, 0.25) is 0 Å². The van der Waals surface area contributed by atoms with Crippen molar-refractivity contribution < 1.29 is 0 Å². The molecule has 0 aliphatic rings. The molecule has 0 aliphatic heterocycles. The van der Waals surface area contributed by atoms with Crippen molar-refractivity contribution >= 4 is 5.69 Å². The molecule has 0 saturated heterocycles. The zero-order valence-electron chi connectivity index (χ0n) is 10.9. The van der Waals surface area contributed by atoms with Crippen LogP contribution in [0.3, 0.4) is 0 Å². The predicted octanol–water partition coefficient (Wildman–Crippen LogP) is 2.39. The second-order valence-corrected chi connectivity index (χ2v) is 4.66. The quantitative estimate of drug-likeness (QED) is 0.893. The maximum atomic E-state index is 6.21. The molecule has 0 aliphatic carbocycles. The molecular weight excluding hydrogens is 222 g/mol. The summed E-state index contributed by atoms with van der Waals surface area (Å²) in [4.78, 5) is 6.19. The second kappa shape index (κ2) is 5.65. The van der Waals surface area contributed by atoms with E-state index in [0.29, 0.717) is 0 Å².